The molecular weight excluding hydrogens is 597 g/mol. The minimum absolute atomic E-state index is 0.00890. The predicted molar refractivity (Wildman–Crippen MR) is 168 cm³/mol. The normalized spacial score (nSPS) is 12.4. The number of rotatable bonds is 11. The Morgan fingerprint density at radius 1 is 0.976 bits per heavy atom. The van der Waals surface area contributed by atoms with Gasteiger partial charge in [0, 0.05) is 17.1 Å². The van der Waals surface area contributed by atoms with Crippen LogP contribution in [0.2, 0.25) is 10.0 Å². The van der Waals surface area contributed by atoms with Crippen LogP contribution in [0.4, 0.5) is 5.69 Å². The molecule has 3 rings (SSSR count). The zero-order valence-electron chi connectivity index (χ0n) is 24.6. The number of hydrogen-bond donors (Lipinski definition) is 1. The monoisotopic (exact) mass is 633 g/mol. The third-order valence-corrected chi connectivity index (χ3v) is 8.80. The number of nitrogens with one attached hydrogen (secondary N) is 1. The van der Waals surface area contributed by atoms with Crippen LogP contribution in [0.5, 0.6) is 5.75 Å². The Morgan fingerprint density at radius 3 is 2.12 bits per heavy atom. The van der Waals surface area contributed by atoms with Gasteiger partial charge in [0.15, 0.2) is 0 Å². The second-order valence-corrected chi connectivity index (χ2v) is 13.7. The lowest BCUT2D eigenvalue weighted by molar-refractivity contribution is -0.141. The van der Waals surface area contributed by atoms with E-state index >= 15 is 0 Å². The highest BCUT2D eigenvalue weighted by atomic mass is 35.5. The van der Waals surface area contributed by atoms with E-state index in [0.717, 1.165) is 15.4 Å². The van der Waals surface area contributed by atoms with Crippen molar-refractivity contribution in [2.24, 2.45) is 0 Å². The average Bonchev–Trinajstić information content (AvgIpc) is 2.91. The van der Waals surface area contributed by atoms with Crippen molar-refractivity contribution in [1.82, 2.24) is 10.2 Å². The van der Waals surface area contributed by atoms with E-state index in [1.54, 1.807) is 43.3 Å². The Labute approximate surface area is 258 Å². The summed E-state index contributed by atoms with van der Waals surface area (Å²) in [5, 5.41) is 3.66. The molecule has 3 aromatic carbocycles. The molecule has 2 amide bonds. The average molecular weight is 635 g/mol. The van der Waals surface area contributed by atoms with Crippen LogP contribution in [0.3, 0.4) is 0 Å². The lowest BCUT2D eigenvalue weighted by atomic mass is 10.1. The smallest absolute Gasteiger partial charge is 0.264 e. The Kier molecular flexibility index (Phi) is 10.9. The fraction of sp³-hybridized carbons (Fsp3) is 0.355. The Bertz CT molecular complexity index is 1510. The van der Waals surface area contributed by atoms with Crippen molar-refractivity contribution in [3.63, 3.8) is 0 Å². The van der Waals surface area contributed by atoms with Crippen LogP contribution in [0.25, 0.3) is 0 Å². The van der Waals surface area contributed by atoms with E-state index in [9.17, 15) is 18.0 Å². The van der Waals surface area contributed by atoms with Crippen LogP contribution < -0.4 is 14.4 Å². The molecular formula is C31H37Cl2N3O5S. The minimum atomic E-state index is -4.23. The van der Waals surface area contributed by atoms with Crippen LogP contribution in [0, 0.1) is 6.92 Å². The van der Waals surface area contributed by atoms with E-state index in [1.807, 2.05) is 27.7 Å². The van der Waals surface area contributed by atoms with Gasteiger partial charge in [-0.1, -0.05) is 60.0 Å². The fourth-order valence-corrected chi connectivity index (χ4v) is 6.12. The maximum Gasteiger partial charge on any atom is 0.264 e. The number of hydrogen-bond acceptors (Lipinski definition) is 5. The molecule has 0 aliphatic carbocycles. The van der Waals surface area contributed by atoms with Gasteiger partial charge in [0.05, 0.1) is 22.7 Å². The van der Waals surface area contributed by atoms with Crippen molar-refractivity contribution in [2.75, 3.05) is 18.0 Å². The molecule has 1 atom stereocenters. The number of ether oxygens (including phenoxy) is 1. The number of benzene rings is 3. The van der Waals surface area contributed by atoms with Crippen LogP contribution in [-0.2, 0) is 26.2 Å². The van der Waals surface area contributed by atoms with Crippen LogP contribution in [0.15, 0.2) is 71.6 Å². The molecule has 0 bridgehead atoms. The number of sulfonamides is 1. The van der Waals surface area contributed by atoms with Gasteiger partial charge in [0.25, 0.3) is 10.0 Å². The molecule has 3 aromatic rings. The number of carbonyl (C=O) groups is 2. The first kappa shape index (κ1) is 33.2. The standard InChI is InChI=1S/C31H37Cl2N3O5S/c1-7-27(30(38)34-31(3,4)5)35(19-22-10-12-23(32)13-11-22)29(37)20-36(24-14-17-28(41-6)26(33)18-24)42(39,40)25-15-8-21(2)9-16-25/h8-18,27H,7,19-20H2,1-6H3,(H,34,38)/t27-/m1/s1. The van der Waals surface area contributed by atoms with Crippen molar-refractivity contribution in [3.8, 4) is 5.75 Å². The quantitative estimate of drug-likeness (QED) is 0.270. The van der Waals surface area contributed by atoms with Crippen LogP contribution >= 0.6 is 23.2 Å². The van der Waals surface area contributed by atoms with Crippen molar-refractivity contribution in [3.05, 3.63) is 87.9 Å². The molecule has 8 nitrogen and oxygen atoms in total. The number of methoxy groups -OCH3 is 1. The minimum Gasteiger partial charge on any atom is -0.495 e. The molecule has 0 aliphatic heterocycles. The van der Waals surface area contributed by atoms with Gasteiger partial charge in [-0.15, -0.1) is 0 Å². The zero-order valence-corrected chi connectivity index (χ0v) is 27.0. The summed E-state index contributed by atoms with van der Waals surface area (Å²) in [7, 11) is -2.78. The first-order valence-electron chi connectivity index (χ1n) is 13.4. The second-order valence-electron chi connectivity index (χ2n) is 11.0. The van der Waals surface area contributed by atoms with Crippen molar-refractivity contribution in [1.29, 1.82) is 0 Å². The number of carbonyl (C=O) groups excluding carboxylic acids is 2. The number of nitrogens with zero attached hydrogens (tertiary/aromatic N) is 2. The highest BCUT2D eigenvalue weighted by Gasteiger charge is 2.34. The maximum absolute atomic E-state index is 14.2. The molecule has 42 heavy (non-hydrogen) atoms. The largest absolute Gasteiger partial charge is 0.495 e. The molecule has 0 aliphatic rings. The Hall–Kier alpha value is -3.27. The summed E-state index contributed by atoms with van der Waals surface area (Å²) in [5.41, 5.74) is 1.25. The lowest BCUT2D eigenvalue weighted by Gasteiger charge is -2.34. The Balaban J connectivity index is 2.10. The molecule has 0 spiro atoms. The van der Waals surface area contributed by atoms with Gasteiger partial charge >= 0.3 is 0 Å². The number of amides is 2. The topological polar surface area (TPSA) is 96.0 Å². The van der Waals surface area contributed by atoms with Gasteiger partial charge in [0.1, 0.15) is 18.3 Å². The summed E-state index contributed by atoms with van der Waals surface area (Å²) in [6, 6.07) is 16.9. The summed E-state index contributed by atoms with van der Waals surface area (Å²) >= 11 is 12.5. The molecule has 11 heteroatoms. The van der Waals surface area contributed by atoms with E-state index < -0.39 is 34.1 Å². The molecule has 0 unspecified atom stereocenters. The van der Waals surface area contributed by atoms with Gasteiger partial charge in [-0.25, -0.2) is 8.42 Å². The van der Waals surface area contributed by atoms with E-state index in [2.05, 4.69) is 5.32 Å². The lowest BCUT2D eigenvalue weighted by Crippen LogP contribution is -2.55. The molecule has 226 valence electrons. The number of aryl methyl sites for hydroxylation is 1. The van der Waals surface area contributed by atoms with Crippen molar-refractivity contribution in [2.45, 2.75) is 64.1 Å². The van der Waals surface area contributed by atoms with Gasteiger partial charge < -0.3 is 15.0 Å². The Morgan fingerprint density at radius 2 is 1.60 bits per heavy atom. The molecule has 0 radical (unpaired) electrons. The zero-order chi connectivity index (χ0) is 31.2. The van der Waals surface area contributed by atoms with E-state index in [4.69, 9.17) is 27.9 Å². The summed E-state index contributed by atoms with van der Waals surface area (Å²) in [4.78, 5) is 29.0. The molecule has 0 saturated heterocycles. The van der Waals surface area contributed by atoms with E-state index in [1.165, 1.54) is 42.3 Å². The molecule has 0 aromatic heterocycles. The molecule has 0 heterocycles. The summed E-state index contributed by atoms with van der Waals surface area (Å²) in [6.45, 7) is 8.70. The van der Waals surface area contributed by atoms with Crippen molar-refractivity contribution >= 4 is 50.7 Å². The third kappa shape index (κ3) is 8.40. The van der Waals surface area contributed by atoms with Gasteiger partial charge in [-0.2, -0.15) is 0 Å². The fourth-order valence-electron chi connectivity index (χ4n) is 4.34. The highest BCUT2D eigenvalue weighted by Crippen LogP contribution is 2.32. The molecule has 0 fully saturated rings. The first-order valence-corrected chi connectivity index (χ1v) is 15.6. The SMILES string of the molecule is CC[C@H](C(=O)NC(C)(C)C)N(Cc1ccc(Cl)cc1)C(=O)CN(c1ccc(OC)c(Cl)c1)S(=O)(=O)c1ccc(C)cc1. The van der Waals surface area contributed by atoms with Crippen molar-refractivity contribution < 1.29 is 22.7 Å². The van der Waals surface area contributed by atoms with E-state index in [0.29, 0.717) is 17.2 Å². The van der Waals surface area contributed by atoms with Gasteiger partial charge in [-0.05, 0) is 82.1 Å². The maximum atomic E-state index is 14.2. The second kappa shape index (κ2) is 13.8. The van der Waals surface area contributed by atoms with E-state index in [-0.39, 0.29) is 28.1 Å². The van der Waals surface area contributed by atoms with Crippen LogP contribution in [0.1, 0.15) is 45.2 Å². The third-order valence-electron chi connectivity index (χ3n) is 6.46. The summed E-state index contributed by atoms with van der Waals surface area (Å²) < 4.78 is 34.3. The highest BCUT2D eigenvalue weighted by molar-refractivity contribution is 7.92. The van der Waals surface area contributed by atoms with Crippen LogP contribution in [-0.4, -0.2) is 50.4 Å². The summed E-state index contributed by atoms with van der Waals surface area (Å²) in [6.07, 6.45) is 0.306. The number of anilines is 1. The van der Waals surface area contributed by atoms with Gasteiger partial charge in [0.2, 0.25) is 11.8 Å². The predicted octanol–water partition coefficient (Wildman–Crippen LogP) is 6.23. The first-order chi connectivity index (χ1) is 19.7. The van der Waals surface area contributed by atoms with Gasteiger partial charge in [-0.3, -0.25) is 13.9 Å². The molecule has 0 saturated carbocycles. The summed E-state index contributed by atoms with van der Waals surface area (Å²) in [5.74, 6) is -0.551. The molecule has 1 N–H and O–H groups in total. The number of halogens is 2.